The van der Waals surface area contributed by atoms with Crippen LogP contribution in [0, 0.1) is 19.8 Å². The minimum absolute atomic E-state index is 0.0835. The van der Waals surface area contributed by atoms with Crippen molar-refractivity contribution in [3.63, 3.8) is 0 Å². The van der Waals surface area contributed by atoms with Crippen LogP contribution in [0.15, 0.2) is 18.2 Å². The van der Waals surface area contributed by atoms with Crippen molar-refractivity contribution in [2.75, 3.05) is 32.7 Å². The average Bonchev–Trinajstić information content (AvgIpc) is 3.15. The second-order valence-electron chi connectivity index (χ2n) is 11.8. The van der Waals surface area contributed by atoms with Crippen LogP contribution >= 0.6 is 0 Å². The molecule has 2 amide bonds. The van der Waals surface area contributed by atoms with Crippen LogP contribution in [-0.4, -0.2) is 77.1 Å². The summed E-state index contributed by atoms with van der Waals surface area (Å²) < 4.78 is 6.26. The van der Waals surface area contributed by atoms with Crippen LogP contribution in [0.1, 0.15) is 100 Å². The molecule has 0 aliphatic carbocycles. The highest BCUT2D eigenvalue weighted by molar-refractivity contribution is 5.97. The molecule has 0 saturated carbocycles. The van der Waals surface area contributed by atoms with Gasteiger partial charge in [-0.3, -0.25) is 9.69 Å². The van der Waals surface area contributed by atoms with Gasteiger partial charge in [-0.1, -0.05) is 64.7 Å². The summed E-state index contributed by atoms with van der Waals surface area (Å²) in [7, 11) is 0. The lowest BCUT2D eigenvalue weighted by Crippen LogP contribution is -2.56. The van der Waals surface area contributed by atoms with E-state index in [-0.39, 0.29) is 23.6 Å². The van der Waals surface area contributed by atoms with Crippen molar-refractivity contribution in [1.29, 1.82) is 0 Å². The van der Waals surface area contributed by atoms with Gasteiger partial charge in [-0.15, -0.1) is 0 Å². The van der Waals surface area contributed by atoms with Crippen molar-refractivity contribution in [3.8, 4) is 0 Å². The van der Waals surface area contributed by atoms with Crippen LogP contribution in [-0.2, 0) is 4.74 Å². The minimum atomic E-state index is -0.326. The fraction of sp³-hybridized carbons (Fsp3) is 0.742. The molecule has 1 spiro atoms. The lowest BCUT2D eigenvalue weighted by atomic mass is 9.80. The molecule has 37 heavy (non-hydrogen) atoms. The Labute approximate surface area is 224 Å². The number of amides is 2. The Balaban J connectivity index is 1.36. The van der Waals surface area contributed by atoms with Gasteiger partial charge in [0.2, 0.25) is 0 Å². The van der Waals surface area contributed by atoms with Crippen LogP contribution < -0.4 is 0 Å². The van der Waals surface area contributed by atoms with Crippen molar-refractivity contribution in [3.05, 3.63) is 34.9 Å². The molecule has 4 rings (SSSR count). The lowest BCUT2D eigenvalue weighted by molar-refractivity contribution is -0.0385. The maximum Gasteiger partial charge on any atom is 0.410 e. The molecule has 3 aliphatic rings. The molecule has 6 nitrogen and oxygen atoms in total. The predicted molar refractivity (Wildman–Crippen MR) is 149 cm³/mol. The average molecular weight is 512 g/mol. The Kier molecular flexibility index (Phi) is 9.20. The van der Waals surface area contributed by atoms with Crippen LogP contribution in [0.2, 0.25) is 0 Å². The maximum atomic E-state index is 13.3. The smallest absolute Gasteiger partial charge is 0.410 e. The number of benzene rings is 1. The Morgan fingerprint density at radius 1 is 1.03 bits per heavy atom. The summed E-state index contributed by atoms with van der Waals surface area (Å²) in [6, 6.07) is 6.81. The number of carbonyl (C=O) groups excluding carboxylic acids is 2. The van der Waals surface area contributed by atoms with Crippen molar-refractivity contribution in [2.45, 2.75) is 110 Å². The summed E-state index contributed by atoms with van der Waals surface area (Å²) in [5.41, 5.74) is 2.68. The third kappa shape index (κ3) is 5.84. The highest BCUT2D eigenvalue weighted by Gasteiger charge is 2.55. The molecular weight excluding hydrogens is 462 g/mol. The van der Waals surface area contributed by atoms with Gasteiger partial charge in [0.25, 0.3) is 5.91 Å². The molecule has 1 aromatic carbocycles. The van der Waals surface area contributed by atoms with E-state index in [1.54, 1.807) is 0 Å². The maximum absolute atomic E-state index is 13.3. The fourth-order valence-electron chi connectivity index (χ4n) is 7.00. The number of aryl methyl sites for hydroxylation is 2. The Morgan fingerprint density at radius 3 is 2.22 bits per heavy atom. The zero-order valence-corrected chi connectivity index (χ0v) is 23.9. The van der Waals surface area contributed by atoms with E-state index in [9.17, 15) is 9.59 Å². The molecule has 0 N–H and O–H groups in total. The molecule has 0 aromatic heterocycles. The van der Waals surface area contributed by atoms with Crippen molar-refractivity contribution < 1.29 is 14.3 Å². The number of piperidine rings is 2. The van der Waals surface area contributed by atoms with Crippen molar-refractivity contribution in [1.82, 2.24) is 14.7 Å². The summed E-state index contributed by atoms with van der Waals surface area (Å²) in [6.45, 7) is 15.2. The summed E-state index contributed by atoms with van der Waals surface area (Å²) in [6.07, 6.45) is 9.33. The van der Waals surface area contributed by atoms with E-state index in [1.807, 2.05) is 36.9 Å². The third-order valence-electron chi connectivity index (χ3n) is 9.56. The normalized spacial score (nSPS) is 22.8. The summed E-state index contributed by atoms with van der Waals surface area (Å²) in [4.78, 5) is 33.1. The number of hydrogen-bond acceptors (Lipinski definition) is 4. The molecule has 3 heterocycles. The first kappa shape index (κ1) is 27.9. The zero-order chi connectivity index (χ0) is 26.6. The first-order chi connectivity index (χ1) is 17.8. The van der Waals surface area contributed by atoms with E-state index < -0.39 is 0 Å². The monoisotopic (exact) mass is 511 g/mol. The number of carbonyl (C=O) groups is 2. The second kappa shape index (κ2) is 12.2. The molecule has 206 valence electrons. The molecule has 3 saturated heterocycles. The molecule has 1 unspecified atom stereocenters. The number of hydrogen-bond donors (Lipinski definition) is 0. The van der Waals surface area contributed by atoms with E-state index in [2.05, 4.69) is 30.6 Å². The summed E-state index contributed by atoms with van der Waals surface area (Å²) in [5, 5.41) is 0. The molecular formula is C31H49N3O3. The number of unbranched alkanes of at least 4 members (excludes halogenated alkanes) is 1. The van der Waals surface area contributed by atoms with Crippen LogP contribution in [0.3, 0.4) is 0 Å². The largest absolute Gasteiger partial charge is 0.440 e. The Bertz CT molecular complexity index is 907. The number of likely N-dealkylation sites (tertiary alicyclic amines) is 2. The molecule has 0 radical (unpaired) electrons. The van der Waals surface area contributed by atoms with Gasteiger partial charge in [-0.2, -0.15) is 0 Å². The van der Waals surface area contributed by atoms with Gasteiger partial charge in [-0.25, -0.2) is 4.79 Å². The molecule has 3 fully saturated rings. The third-order valence-corrected chi connectivity index (χ3v) is 9.56. The highest BCUT2D eigenvalue weighted by atomic mass is 16.6. The predicted octanol–water partition coefficient (Wildman–Crippen LogP) is 6.19. The second-order valence-corrected chi connectivity index (χ2v) is 11.8. The topological polar surface area (TPSA) is 53.1 Å². The molecule has 1 aromatic rings. The Morgan fingerprint density at radius 2 is 1.65 bits per heavy atom. The number of rotatable bonds is 9. The number of nitrogens with zero attached hydrogens (tertiary/aromatic N) is 3. The van der Waals surface area contributed by atoms with Crippen LogP contribution in [0.4, 0.5) is 4.79 Å². The molecule has 6 heteroatoms. The van der Waals surface area contributed by atoms with E-state index in [0.29, 0.717) is 12.0 Å². The molecule has 0 bridgehead atoms. The van der Waals surface area contributed by atoms with Gasteiger partial charge in [0.15, 0.2) is 0 Å². The van der Waals surface area contributed by atoms with Gasteiger partial charge in [0.1, 0.15) is 5.60 Å². The summed E-state index contributed by atoms with van der Waals surface area (Å²) in [5.74, 6) is 0.726. The first-order valence-electron chi connectivity index (χ1n) is 14.9. The zero-order valence-electron chi connectivity index (χ0n) is 23.9. The van der Waals surface area contributed by atoms with E-state index >= 15 is 0 Å². The van der Waals surface area contributed by atoms with Gasteiger partial charge in [0.05, 0.1) is 6.04 Å². The standard InChI is InChI=1S/C31H49N3O3/c1-6-9-13-27-31(37-30(36)34(27)22-25(7-2)8-3)16-20-32(21-17-31)26-14-18-33(19-15-26)29(35)28-23(4)11-10-12-24(28)5/h10-12,25-27H,6-9,13-22H2,1-5H3. The van der Waals surface area contributed by atoms with Gasteiger partial charge in [0, 0.05) is 57.2 Å². The highest BCUT2D eigenvalue weighted by Crippen LogP contribution is 2.42. The summed E-state index contributed by atoms with van der Waals surface area (Å²) >= 11 is 0. The Hall–Kier alpha value is -2.08. The van der Waals surface area contributed by atoms with Gasteiger partial charge < -0.3 is 14.5 Å². The minimum Gasteiger partial charge on any atom is -0.440 e. The van der Waals surface area contributed by atoms with Gasteiger partial charge in [-0.05, 0) is 50.2 Å². The van der Waals surface area contributed by atoms with Crippen LogP contribution in [0.25, 0.3) is 0 Å². The van der Waals surface area contributed by atoms with Crippen LogP contribution in [0.5, 0.6) is 0 Å². The molecule has 3 aliphatic heterocycles. The fourth-order valence-corrected chi connectivity index (χ4v) is 7.00. The van der Waals surface area contributed by atoms with Gasteiger partial charge >= 0.3 is 6.09 Å². The molecule has 1 atom stereocenters. The SMILES string of the molecule is CCCCC1N(CC(CC)CC)C(=O)OC12CCN(C1CCN(C(=O)c3c(C)cccc3C)CC1)CC2. The van der Waals surface area contributed by atoms with E-state index in [4.69, 9.17) is 4.74 Å². The van der Waals surface area contributed by atoms with E-state index in [0.717, 1.165) is 107 Å². The first-order valence-corrected chi connectivity index (χ1v) is 14.9. The lowest BCUT2D eigenvalue weighted by Gasteiger charge is -2.46. The van der Waals surface area contributed by atoms with E-state index in [1.165, 1.54) is 0 Å². The van der Waals surface area contributed by atoms with Crippen molar-refractivity contribution >= 4 is 12.0 Å². The quantitative estimate of drug-likeness (QED) is 0.397. The van der Waals surface area contributed by atoms with Crippen molar-refractivity contribution in [2.24, 2.45) is 5.92 Å². The number of ether oxygens (including phenoxy) is 1.